The highest BCUT2D eigenvalue weighted by atomic mass is 16.2. The van der Waals surface area contributed by atoms with Gasteiger partial charge in [-0.25, -0.2) is 0 Å². The van der Waals surface area contributed by atoms with Crippen LogP contribution in [0, 0.1) is 6.92 Å². The Labute approximate surface area is 144 Å². The molecule has 1 unspecified atom stereocenters. The molecule has 0 saturated carbocycles. The highest BCUT2D eigenvalue weighted by molar-refractivity contribution is 5.78. The largest absolute Gasteiger partial charge is 0.342 e. The van der Waals surface area contributed by atoms with Gasteiger partial charge >= 0.3 is 0 Å². The Morgan fingerprint density at radius 3 is 2.67 bits per heavy atom. The molecule has 1 aliphatic heterocycles. The lowest BCUT2D eigenvalue weighted by molar-refractivity contribution is -0.138. The van der Waals surface area contributed by atoms with Crippen molar-refractivity contribution in [3.05, 3.63) is 59.2 Å². The fourth-order valence-electron chi connectivity index (χ4n) is 4.79. The van der Waals surface area contributed by atoms with E-state index in [-0.39, 0.29) is 5.41 Å². The first-order valence-electron chi connectivity index (χ1n) is 8.95. The molecule has 2 nitrogen and oxygen atoms in total. The fourth-order valence-corrected chi connectivity index (χ4v) is 4.79. The zero-order valence-electron chi connectivity index (χ0n) is 14.8. The topological polar surface area (TPSA) is 20.3 Å². The standard InChI is InChI=1S/C22H25NO/c1-15-5-4-6-16(13-15)17-7-9-19-18(14-17)8-10-20-22(19,2)12-11-21(24)23(20)3/h4-7,9,13-14,20H,8,10-12H2,1-3H3/t20?,22-/m1/s1. The molecule has 1 fully saturated rings. The normalized spacial score (nSPS) is 26.0. The summed E-state index contributed by atoms with van der Waals surface area (Å²) in [5.41, 5.74) is 6.91. The number of hydrogen-bond acceptors (Lipinski definition) is 1. The summed E-state index contributed by atoms with van der Waals surface area (Å²) in [7, 11) is 1.98. The first-order chi connectivity index (χ1) is 11.5. The van der Waals surface area contributed by atoms with Gasteiger partial charge in [0.15, 0.2) is 0 Å². The molecular weight excluding hydrogens is 294 g/mol. The number of carbonyl (C=O) groups excluding carboxylic acids is 1. The number of piperidine rings is 1. The van der Waals surface area contributed by atoms with E-state index in [2.05, 4.69) is 56.3 Å². The second kappa shape index (κ2) is 5.47. The number of likely N-dealkylation sites (tertiary alicyclic amines) is 1. The Morgan fingerprint density at radius 2 is 1.88 bits per heavy atom. The van der Waals surface area contributed by atoms with Gasteiger partial charge in [0.25, 0.3) is 0 Å². The number of fused-ring (bicyclic) bond motifs is 3. The Kier molecular flexibility index (Phi) is 3.52. The van der Waals surface area contributed by atoms with Crippen LogP contribution >= 0.6 is 0 Å². The maximum absolute atomic E-state index is 12.1. The van der Waals surface area contributed by atoms with Gasteiger partial charge in [-0.3, -0.25) is 4.79 Å². The van der Waals surface area contributed by atoms with Gasteiger partial charge in [0.2, 0.25) is 5.91 Å². The minimum Gasteiger partial charge on any atom is -0.342 e. The molecule has 124 valence electrons. The van der Waals surface area contributed by atoms with Crippen molar-refractivity contribution in [1.82, 2.24) is 4.90 Å². The lowest BCUT2D eigenvalue weighted by atomic mass is 9.63. The molecule has 0 bridgehead atoms. The minimum absolute atomic E-state index is 0.0986. The van der Waals surface area contributed by atoms with E-state index in [0.29, 0.717) is 18.4 Å². The Hall–Kier alpha value is -2.09. The maximum atomic E-state index is 12.1. The summed E-state index contributed by atoms with van der Waals surface area (Å²) < 4.78 is 0. The molecule has 0 spiro atoms. The predicted octanol–water partition coefficient (Wildman–Crippen LogP) is 4.49. The molecule has 1 amide bonds. The van der Waals surface area contributed by atoms with E-state index in [1.165, 1.54) is 27.8 Å². The number of likely N-dealkylation sites (N-methyl/N-ethyl adjacent to an activating group) is 1. The number of benzene rings is 2. The quantitative estimate of drug-likeness (QED) is 0.758. The van der Waals surface area contributed by atoms with Crippen molar-refractivity contribution in [3.8, 4) is 11.1 Å². The highest BCUT2D eigenvalue weighted by Gasteiger charge is 2.46. The number of aryl methyl sites for hydroxylation is 2. The van der Waals surface area contributed by atoms with Gasteiger partial charge < -0.3 is 4.90 Å². The van der Waals surface area contributed by atoms with Crippen molar-refractivity contribution >= 4 is 5.91 Å². The van der Waals surface area contributed by atoms with Crippen molar-refractivity contribution in [2.45, 2.75) is 51.0 Å². The number of rotatable bonds is 1. The average Bonchev–Trinajstić information content (AvgIpc) is 2.58. The molecule has 2 heteroatoms. The fraction of sp³-hybridized carbons (Fsp3) is 0.409. The molecule has 24 heavy (non-hydrogen) atoms. The van der Waals surface area contributed by atoms with Crippen LogP contribution in [0.25, 0.3) is 11.1 Å². The molecular formula is C22H25NO. The molecule has 2 atom stereocenters. The number of carbonyl (C=O) groups is 1. The van der Waals surface area contributed by atoms with Gasteiger partial charge in [-0.2, -0.15) is 0 Å². The van der Waals surface area contributed by atoms with E-state index in [1.54, 1.807) is 0 Å². The first-order valence-corrected chi connectivity index (χ1v) is 8.95. The zero-order chi connectivity index (χ0) is 16.9. The van der Waals surface area contributed by atoms with Crippen LogP contribution < -0.4 is 0 Å². The summed E-state index contributed by atoms with van der Waals surface area (Å²) in [6.07, 6.45) is 3.77. The van der Waals surface area contributed by atoms with Gasteiger partial charge in [0, 0.05) is 24.9 Å². The summed E-state index contributed by atoms with van der Waals surface area (Å²) in [5.74, 6) is 0.303. The van der Waals surface area contributed by atoms with Crippen molar-refractivity contribution in [2.24, 2.45) is 0 Å². The predicted molar refractivity (Wildman–Crippen MR) is 98.1 cm³/mol. The third-order valence-electron chi connectivity index (χ3n) is 6.21. The van der Waals surface area contributed by atoms with E-state index >= 15 is 0 Å². The molecule has 2 aromatic rings. The van der Waals surface area contributed by atoms with Crippen LogP contribution in [0.5, 0.6) is 0 Å². The van der Waals surface area contributed by atoms with Crippen molar-refractivity contribution < 1.29 is 4.79 Å². The molecule has 2 aromatic carbocycles. The first kappa shape index (κ1) is 15.4. The van der Waals surface area contributed by atoms with E-state index in [1.807, 2.05) is 11.9 Å². The summed E-state index contributed by atoms with van der Waals surface area (Å²) >= 11 is 0. The Bertz CT molecular complexity index is 809. The summed E-state index contributed by atoms with van der Waals surface area (Å²) in [6, 6.07) is 16.0. The summed E-state index contributed by atoms with van der Waals surface area (Å²) in [6.45, 7) is 4.49. The van der Waals surface area contributed by atoms with Crippen LogP contribution in [-0.4, -0.2) is 23.9 Å². The second-order valence-corrected chi connectivity index (χ2v) is 7.72. The van der Waals surface area contributed by atoms with Crippen LogP contribution in [-0.2, 0) is 16.6 Å². The van der Waals surface area contributed by atoms with E-state index < -0.39 is 0 Å². The van der Waals surface area contributed by atoms with Gasteiger partial charge in [0.1, 0.15) is 0 Å². The molecule has 0 N–H and O–H groups in total. The van der Waals surface area contributed by atoms with Crippen LogP contribution in [0.1, 0.15) is 42.9 Å². The Balaban J connectivity index is 1.76. The lowest BCUT2D eigenvalue weighted by Crippen LogP contribution is -2.56. The second-order valence-electron chi connectivity index (χ2n) is 7.72. The Morgan fingerprint density at radius 1 is 1.08 bits per heavy atom. The van der Waals surface area contributed by atoms with Gasteiger partial charge in [0.05, 0.1) is 0 Å². The smallest absolute Gasteiger partial charge is 0.222 e. The van der Waals surface area contributed by atoms with E-state index in [9.17, 15) is 4.79 Å². The van der Waals surface area contributed by atoms with Gasteiger partial charge in [-0.1, -0.05) is 55.0 Å². The molecule has 2 aliphatic rings. The molecule has 0 radical (unpaired) electrons. The highest BCUT2D eigenvalue weighted by Crippen LogP contribution is 2.46. The molecule has 1 saturated heterocycles. The van der Waals surface area contributed by atoms with Crippen molar-refractivity contribution in [3.63, 3.8) is 0 Å². The molecule has 1 aliphatic carbocycles. The number of nitrogens with zero attached hydrogens (tertiary/aromatic N) is 1. The van der Waals surface area contributed by atoms with E-state index in [0.717, 1.165) is 19.3 Å². The molecule has 1 heterocycles. The van der Waals surface area contributed by atoms with Crippen LogP contribution in [0.3, 0.4) is 0 Å². The van der Waals surface area contributed by atoms with E-state index in [4.69, 9.17) is 0 Å². The lowest BCUT2D eigenvalue weighted by Gasteiger charge is -2.50. The third kappa shape index (κ3) is 2.28. The van der Waals surface area contributed by atoms with Crippen LogP contribution in [0.15, 0.2) is 42.5 Å². The minimum atomic E-state index is 0.0986. The number of hydrogen-bond donors (Lipinski definition) is 0. The van der Waals surface area contributed by atoms with Crippen molar-refractivity contribution in [1.29, 1.82) is 0 Å². The molecule has 4 rings (SSSR count). The van der Waals surface area contributed by atoms with Gasteiger partial charge in [-0.15, -0.1) is 0 Å². The van der Waals surface area contributed by atoms with Gasteiger partial charge in [-0.05, 0) is 48.4 Å². The summed E-state index contributed by atoms with van der Waals surface area (Å²) in [4.78, 5) is 14.1. The zero-order valence-corrected chi connectivity index (χ0v) is 14.8. The third-order valence-corrected chi connectivity index (χ3v) is 6.21. The average molecular weight is 319 g/mol. The summed E-state index contributed by atoms with van der Waals surface area (Å²) in [5, 5.41) is 0. The SMILES string of the molecule is Cc1cccc(-c2ccc3c(c2)CCC2N(C)C(=O)CC[C@]32C)c1. The van der Waals surface area contributed by atoms with Crippen molar-refractivity contribution in [2.75, 3.05) is 7.05 Å². The monoisotopic (exact) mass is 319 g/mol. The van der Waals surface area contributed by atoms with Crippen LogP contribution in [0.2, 0.25) is 0 Å². The van der Waals surface area contributed by atoms with Crippen LogP contribution in [0.4, 0.5) is 0 Å². The number of amides is 1. The molecule has 0 aromatic heterocycles. The maximum Gasteiger partial charge on any atom is 0.222 e.